The molecule has 0 unspecified atom stereocenters. The maximum atomic E-state index is 12.0. The normalized spacial score (nSPS) is 11.3. The molecule has 98 valence electrons. The molecule has 0 aliphatic rings. The summed E-state index contributed by atoms with van der Waals surface area (Å²) in [6.07, 6.45) is 0. The van der Waals surface area contributed by atoms with Crippen molar-refractivity contribution in [1.29, 1.82) is 0 Å². The van der Waals surface area contributed by atoms with E-state index in [9.17, 15) is 9.59 Å². The number of H-pyrrole nitrogens is 1. The highest BCUT2D eigenvalue weighted by Crippen LogP contribution is 2.04. The summed E-state index contributed by atoms with van der Waals surface area (Å²) in [7, 11) is 2.97. The van der Waals surface area contributed by atoms with Crippen LogP contribution in [0, 0.1) is 0 Å². The van der Waals surface area contributed by atoms with Gasteiger partial charge in [0, 0.05) is 14.2 Å². The molecule has 8 heteroatoms. The minimum atomic E-state index is -0.417. The van der Waals surface area contributed by atoms with Gasteiger partial charge in [-0.05, 0) is 0 Å². The molecule has 0 amide bonds. The van der Waals surface area contributed by atoms with Gasteiger partial charge in [0.1, 0.15) is 11.3 Å². The van der Waals surface area contributed by atoms with E-state index < -0.39 is 11.2 Å². The molecule has 0 aromatic carbocycles. The van der Waals surface area contributed by atoms with Crippen LogP contribution in [-0.2, 0) is 24.9 Å². The van der Waals surface area contributed by atoms with Crippen LogP contribution in [-0.4, -0.2) is 32.8 Å². The number of rotatable bonds is 4. The SMILES string of the molecule is COCCn1c(=O)n(C)c(=O)c2[nH]c(CN)nc21. The smallest absolute Gasteiger partial charge is 0.332 e. The summed E-state index contributed by atoms with van der Waals surface area (Å²) >= 11 is 0. The van der Waals surface area contributed by atoms with E-state index in [4.69, 9.17) is 10.5 Å². The van der Waals surface area contributed by atoms with E-state index in [0.29, 0.717) is 24.6 Å². The molecule has 0 saturated heterocycles. The van der Waals surface area contributed by atoms with Gasteiger partial charge in [0.15, 0.2) is 5.65 Å². The Hall–Kier alpha value is -1.93. The lowest BCUT2D eigenvalue weighted by atomic mass is 10.5. The van der Waals surface area contributed by atoms with E-state index in [1.807, 2.05) is 0 Å². The van der Waals surface area contributed by atoms with E-state index in [1.165, 1.54) is 11.6 Å². The lowest BCUT2D eigenvalue weighted by Gasteiger charge is -2.07. The van der Waals surface area contributed by atoms with Gasteiger partial charge in [-0.25, -0.2) is 9.78 Å². The number of aromatic amines is 1. The second-order valence-corrected chi connectivity index (χ2v) is 3.88. The highest BCUT2D eigenvalue weighted by Gasteiger charge is 2.14. The Balaban J connectivity index is 2.77. The number of nitrogens with one attached hydrogen (secondary N) is 1. The first-order valence-corrected chi connectivity index (χ1v) is 5.47. The van der Waals surface area contributed by atoms with Crippen molar-refractivity contribution in [3.63, 3.8) is 0 Å². The lowest BCUT2D eigenvalue weighted by Crippen LogP contribution is -2.38. The second-order valence-electron chi connectivity index (χ2n) is 3.88. The second kappa shape index (κ2) is 4.75. The van der Waals surface area contributed by atoms with Crippen molar-refractivity contribution in [1.82, 2.24) is 19.1 Å². The van der Waals surface area contributed by atoms with Crippen LogP contribution in [0.4, 0.5) is 0 Å². The summed E-state index contributed by atoms with van der Waals surface area (Å²) < 4.78 is 7.38. The first kappa shape index (κ1) is 12.5. The minimum absolute atomic E-state index is 0.177. The van der Waals surface area contributed by atoms with E-state index >= 15 is 0 Å². The molecule has 2 aromatic heterocycles. The van der Waals surface area contributed by atoms with Crippen molar-refractivity contribution in [2.75, 3.05) is 13.7 Å². The Kier molecular flexibility index (Phi) is 3.30. The molecule has 0 atom stereocenters. The van der Waals surface area contributed by atoms with Crippen LogP contribution in [0.3, 0.4) is 0 Å². The largest absolute Gasteiger partial charge is 0.383 e. The number of ether oxygens (including phenoxy) is 1. The third kappa shape index (κ3) is 1.85. The number of methoxy groups -OCH3 is 1. The third-order valence-corrected chi connectivity index (χ3v) is 2.74. The predicted octanol–water partition coefficient (Wildman–Crippen LogP) is -1.47. The fourth-order valence-corrected chi connectivity index (χ4v) is 1.76. The zero-order valence-electron chi connectivity index (χ0n) is 10.3. The zero-order chi connectivity index (χ0) is 13.3. The van der Waals surface area contributed by atoms with Crippen LogP contribution in [0.1, 0.15) is 5.82 Å². The molecule has 0 aliphatic carbocycles. The van der Waals surface area contributed by atoms with E-state index in [1.54, 1.807) is 7.11 Å². The van der Waals surface area contributed by atoms with Crippen LogP contribution in [0.25, 0.3) is 11.2 Å². The average Bonchev–Trinajstić information content (AvgIpc) is 2.80. The molecule has 0 aliphatic heterocycles. The monoisotopic (exact) mass is 253 g/mol. The molecule has 2 rings (SSSR count). The summed E-state index contributed by atoms with van der Waals surface area (Å²) in [5.74, 6) is 0.471. The van der Waals surface area contributed by atoms with Crippen LogP contribution >= 0.6 is 0 Å². The van der Waals surface area contributed by atoms with E-state index in [-0.39, 0.29) is 12.1 Å². The lowest BCUT2D eigenvalue weighted by molar-refractivity contribution is 0.186. The number of hydrogen-bond acceptors (Lipinski definition) is 5. The number of aromatic nitrogens is 4. The number of imidazole rings is 1. The quantitative estimate of drug-likeness (QED) is 0.691. The topological polar surface area (TPSA) is 108 Å². The van der Waals surface area contributed by atoms with E-state index in [2.05, 4.69) is 9.97 Å². The Labute approximate surface area is 102 Å². The van der Waals surface area contributed by atoms with Gasteiger partial charge in [-0.3, -0.25) is 13.9 Å². The molecule has 18 heavy (non-hydrogen) atoms. The van der Waals surface area contributed by atoms with Gasteiger partial charge in [-0.15, -0.1) is 0 Å². The number of hydrogen-bond donors (Lipinski definition) is 2. The highest BCUT2D eigenvalue weighted by molar-refractivity contribution is 5.69. The van der Waals surface area contributed by atoms with Gasteiger partial charge in [-0.1, -0.05) is 0 Å². The fourth-order valence-electron chi connectivity index (χ4n) is 1.76. The molecule has 8 nitrogen and oxygen atoms in total. The van der Waals surface area contributed by atoms with Crippen molar-refractivity contribution >= 4 is 11.2 Å². The van der Waals surface area contributed by atoms with Crippen molar-refractivity contribution in [2.24, 2.45) is 12.8 Å². The average molecular weight is 253 g/mol. The summed E-state index contributed by atoms with van der Waals surface area (Å²) in [4.78, 5) is 30.9. The van der Waals surface area contributed by atoms with Crippen molar-refractivity contribution in [3.05, 3.63) is 26.7 Å². The Morgan fingerprint density at radius 1 is 1.44 bits per heavy atom. The van der Waals surface area contributed by atoms with E-state index in [0.717, 1.165) is 4.57 Å². The maximum Gasteiger partial charge on any atom is 0.332 e. The standard InChI is InChI=1S/C10H15N5O3/c1-14-9(16)7-8(13-6(5-11)12-7)15(10(14)17)3-4-18-2/h3-5,11H2,1-2H3,(H,12,13). The van der Waals surface area contributed by atoms with Gasteiger partial charge < -0.3 is 15.5 Å². The predicted molar refractivity (Wildman–Crippen MR) is 65.4 cm³/mol. The molecule has 2 heterocycles. The molecule has 0 bridgehead atoms. The fraction of sp³-hybridized carbons (Fsp3) is 0.500. The Morgan fingerprint density at radius 3 is 2.78 bits per heavy atom. The van der Waals surface area contributed by atoms with Crippen LogP contribution in [0.2, 0.25) is 0 Å². The third-order valence-electron chi connectivity index (χ3n) is 2.74. The zero-order valence-corrected chi connectivity index (χ0v) is 10.3. The van der Waals surface area contributed by atoms with Crippen molar-refractivity contribution < 1.29 is 4.74 Å². The number of nitrogens with two attached hydrogens (primary N) is 1. The molecular weight excluding hydrogens is 238 g/mol. The summed E-state index contributed by atoms with van der Waals surface area (Å²) in [5.41, 5.74) is 5.26. The van der Waals surface area contributed by atoms with Crippen molar-refractivity contribution in [3.8, 4) is 0 Å². The van der Waals surface area contributed by atoms with Crippen LogP contribution in [0.5, 0.6) is 0 Å². The molecule has 2 aromatic rings. The maximum absolute atomic E-state index is 12.0. The van der Waals surface area contributed by atoms with Crippen LogP contribution < -0.4 is 17.0 Å². The highest BCUT2D eigenvalue weighted by atomic mass is 16.5. The summed E-state index contributed by atoms with van der Waals surface area (Å²) in [6, 6.07) is 0. The Morgan fingerprint density at radius 2 is 2.17 bits per heavy atom. The summed E-state index contributed by atoms with van der Waals surface area (Å²) in [5, 5.41) is 0. The first-order chi connectivity index (χ1) is 8.60. The molecule has 0 saturated carbocycles. The van der Waals surface area contributed by atoms with Gasteiger partial charge in [-0.2, -0.15) is 0 Å². The molecular formula is C10H15N5O3. The van der Waals surface area contributed by atoms with Gasteiger partial charge in [0.05, 0.1) is 19.7 Å². The molecule has 0 spiro atoms. The van der Waals surface area contributed by atoms with Crippen LogP contribution in [0.15, 0.2) is 9.59 Å². The molecule has 3 N–H and O–H groups in total. The number of nitrogens with zero attached hydrogens (tertiary/aromatic N) is 3. The Bertz CT molecular complexity index is 681. The van der Waals surface area contributed by atoms with Crippen molar-refractivity contribution in [2.45, 2.75) is 13.1 Å². The molecule has 0 fully saturated rings. The summed E-state index contributed by atoms with van der Waals surface area (Å²) in [6.45, 7) is 0.864. The molecule has 0 radical (unpaired) electrons. The first-order valence-electron chi connectivity index (χ1n) is 5.47. The van der Waals surface area contributed by atoms with Gasteiger partial charge in [0.2, 0.25) is 0 Å². The van der Waals surface area contributed by atoms with Gasteiger partial charge in [0.25, 0.3) is 5.56 Å². The minimum Gasteiger partial charge on any atom is -0.383 e. The van der Waals surface area contributed by atoms with Gasteiger partial charge >= 0.3 is 5.69 Å². The number of fused-ring (bicyclic) bond motifs is 1.